The molecule has 96 valence electrons. The highest BCUT2D eigenvalue weighted by atomic mass is 16.6. The summed E-state index contributed by atoms with van der Waals surface area (Å²) < 4.78 is 0. The number of hydrogen-bond donors (Lipinski definition) is 0. The number of nitro benzene ring substituents is 1. The molecular weight excluding hydrogens is 232 g/mol. The van der Waals surface area contributed by atoms with Crippen molar-refractivity contribution in [1.82, 2.24) is 0 Å². The summed E-state index contributed by atoms with van der Waals surface area (Å²) in [6, 6.07) is 4.95. The molecule has 0 atom stereocenters. The van der Waals surface area contributed by atoms with Crippen LogP contribution in [0.5, 0.6) is 0 Å². The van der Waals surface area contributed by atoms with Crippen molar-refractivity contribution < 1.29 is 9.72 Å². The molecule has 1 aliphatic carbocycles. The predicted molar refractivity (Wildman–Crippen MR) is 69.1 cm³/mol. The van der Waals surface area contributed by atoms with Gasteiger partial charge in [-0.15, -0.1) is 0 Å². The first-order chi connectivity index (χ1) is 8.50. The van der Waals surface area contributed by atoms with Crippen LogP contribution in [0.25, 0.3) is 0 Å². The Morgan fingerprint density at radius 2 is 2.11 bits per heavy atom. The summed E-state index contributed by atoms with van der Waals surface area (Å²) in [5.74, 6) is -0.139. The maximum absolute atomic E-state index is 11.6. The lowest BCUT2D eigenvalue weighted by Gasteiger charge is -2.37. The molecule has 0 amide bonds. The molecule has 0 aromatic heterocycles. The van der Waals surface area contributed by atoms with Gasteiger partial charge in [-0.25, -0.2) is 0 Å². The van der Waals surface area contributed by atoms with E-state index in [0.717, 1.165) is 18.5 Å². The minimum atomic E-state index is -0.473. The number of hydrogen-bond acceptors (Lipinski definition) is 4. The summed E-state index contributed by atoms with van der Waals surface area (Å²) in [6.45, 7) is 1.44. The Labute approximate surface area is 106 Å². The van der Waals surface area contributed by atoms with E-state index in [1.807, 2.05) is 7.05 Å². The van der Waals surface area contributed by atoms with E-state index in [2.05, 4.69) is 4.90 Å². The Bertz CT molecular complexity index is 495. The van der Waals surface area contributed by atoms with E-state index in [4.69, 9.17) is 0 Å². The molecule has 2 rings (SSSR count). The van der Waals surface area contributed by atoms with Crippen molar-refractivity contribution in [2.24, 2.45) is 0 Å². The first-order valence-electron chi connectivity index (χ1n) is 6.03. The van der Waals surface area contributed by atoms with Crippen LogP contribution in [0, 0.1) is 10.1 Å². The molecule has 0 bridgehead atoms. The molecule has 1 saturated carbocycles. The summed E-state index contributed by atoms with van der Waals surface area (Å²) in [7, 11) is 1.94. The fraction of sp³-hybridized carbons (Fsp3) is 0.462. The number of benzene rings is 1. The fourth-order valence-corrected chi connectivity index (χ4v) is 2.20. The van der Waals surface area contributed by atoms with Crippen molar-refractivity contribution in [2.45, 2.75) is 32.2 Å². The summed E-state index contributed by atoms with van der Waals surface area (Å²) in [6.07, 6.45) is 3.44. The van der Waals surface area contributed by atoms with Crippen LogP contribution in [0.2, 0.25) is 0 Å². The van der Waals surface area contributed by atoms with Crippen molar-refractivity contribution in [3.05, 3.63) is 33.9 Å². The Morgan fingerprint density at radius 3 is 2.56 bits per heavy atom. The molecule has 18 heavy (non-hydrogen) atoms. The van der Waals surface area contributed by atoms with Crippen LogP contribution in [0.15, 0.2) is 18.2 Å². The molecule has 0 radical (unpaired) electrons. The molecular formula is C13H16N2O3. The summed E-state index contributed by atoms with van der Waals surface area (Å²) in [4.78, 5) is 24.0. The Balaban J connectivity index is 2.39. The number of nitrogens with zero attached hydrogens (tertiary/aromatic N) is 2. The molecule has 1 aromatic carbocycles. The van der Waals surface area contributed by atoms with Crippen LogP contribution >= 0.6 is 0 Å². The van der Waals surface area contributed by atoms with Crippen LogP contribution in [0.3, 0.4) is 0 Å². The average Bonchev–Trinajstić information content (AvgIpc) is 2.25. The van der Waals surface area contributed by atoms with Gasteiger partial charge < -0.3 is 4.90 Å². The van der Waals surface area contributed by atoms with Gasteiger partial charge >= 0.3 is 0 Å². The van der Waals surface area contributed by atoms with E-state index < -0.39 is 4.92 Å². The van der Waals surface area contributed by atoms with E-state index in [1.54, 1.807) is 6.07 Å². The highest BCUT2D eigenvalue weighted by molar-refractivity contribution is 6.00. The Hall–Kier alpha value is -1.91. The molecule has 0 saturated heterocycles. The largest absolute Gasteiger partial charge is 0.371 e. The zero-order chi connectivity index (χ0) is 13.3. The van der Waals surface area contributed by atoms with Gasteiger partial charge in [0.1, 0.15) is 0 Å². The van der Waals surface area contributed by atoms with Crippen LogP contribution in [-0.2, 0) is 0 Å². The highest BCUT2D eigenvalue weighted by Gasteiger charge is 2.25. The topological polar surface area (TPSA) is 63.4 Å². The molecule has 1 fully saturated rings. The van der Waals surface area contributed by atoms with Crippen LogP contribution < -0.4 is 4.90 Å². The van der Waals surface area contributed by atoms with Gasteiger partial charge in [0.2, 0.25) is 0 Å². The van der Waals surface area contributed by atoms with Gasteiger partial charge in [-0.3, -0.25) is 14.9 Å². The number of carbonyl (C=O) groups is 1. The van der Waals surface area contributed by atoms with Gasteiger partial charge in [-0.1, -0.05) is 0 Å². The quantitative estimate of drug-likeness (QED) is 0.467. The first-order valence-corrected chi connectivity index (χ1v) is 6.03. The lowest BCUT2D eigenvalue weighted by atomic mass is 9.91. The number of ketones is 1. The molecule has 1 aliphatic rings. The van der Waals surface area contributed by atoms with E-state index in [-0.39, 0.29) is 11.5 Å². The van der Waals surface area contributed by atoms with Crippen molar-refractivity contribution >= 4 is 17.2 Å². The minimum Gasteiger partial charge on any atom is -0.371 e. The molecule has 0 aliphatic heterocycles. The van der Waals surface area contributed by atoms with Gasteiger partial charge in [0.05, 0.1) is 4.92 Å². The number of rotatable bonds is 4. The number of nitro groups is 1. The maximum Gasteiger partial charge on any atom is 0.270 e. The first kappa shape index (κ1) is 12.5. The molecule has 1 aromatic rings. The van der Waals surface area contributed by atoms with Crippen LogP contribution in [0.1, 0.15) is 36.5 Å². The van der Waals surface area contributed by atoms with Crippen LogP contribution in [0.4, 0.5) is 11.4 Å². The second-order valence-electron chi connectivity index (χ2n) is 4.71. The molecule has 0 unspecified atom stereocenters. The molecule has 5 nitrogen and oxygen atoms in total. The number of non-ortho nitro benzene ring substituents is 1. The standard InChI is InChI=1S/C13H16N2O3/c1-9(16)12-8-11(15(17)18)6-7-13(12)14(2)10-4-3-5-10/h6-8,10H,3-5H2,1-2H3. The zero-order valence-corrected chi connectivity index (χ0v) is 10.5. The van der Waals surface area contributed by atoms with Crippen molar-refractivity contribution in [3.8, 4) is 0 Å². The van der Waals surface area contributed by atoms with Gasteiger partial charge in [0.25, 0.3) is 5.69 Å². The number of anilines is 1. The molecule has 0 N–H and O–H groups in total. The Kier molecular flexibility index (Phi) is 3.32. The average molecular weight is 248 g/mol. The van der Waals surface area contributed by atoms with Crippen molar-refractivity contribution in [2.75, 3.05) is 11.9 Å². The summed E-state index contributed by atoms with van der Waals surface area (Å²) in [5, 5.41) is 10.7. The predicted octanol–water partition coefficient (Wildman–Crippen LogP) is 2.79. The third-order valence-corrected chi connectivity index (χ3v) is 3.57. The SMILES string of the molecule is CC(=O)c1cc([N+](=O)[O-])ccc1N(C)C1CCC1. The van der Waals surface area contributed by atoms with E-state index in [9.17, 15) is 14.9 Å². The second-order valence-corrected chi connectivity index (χ2v) is 4.71. The molecule has 0 heterocycles. The number of carbonyl (C=O) groups excluding carboxylic acids is 1. The smallest absolute Gasteiger partial charge is 0.270 e. The summed E-state index contributed by atoms with van der Waals surface area (Å²) >= 11 is 0. The van der Waals surface area contributed by atoms with Crippen LogP contribution in [-0.4, -0.2) is 23.8 Å². The second kappa shape index (κ2) is 4.76. The monoisotopic (exact) mass is 248 g/mol. The van der Waals surface area contributed by atoms with Gasteiger partial charge in [-0.2, -0.15) is 0 Å². The lowest BCUT2D eigenvalue weighted by Crippen LogP contribution is -2.37. The number of Topliss-reactive ketones (excluding diaryl/α,β-unsaturated/α-hetero) is 1. The Morgan fingerprint density at radius 1 is 1.44 bits per heavy atom. The molecule has 0 spiro atoms. The van der Waals surface area contributed by atoms with E-state index >= 15 is 0 Å². The highest BCUT2D eigenvalue weighted by Crippen LogP contribution is 2.32. The van der Waals surface area contributed by atoms with Gasteiger partial charge in [-0.05, 0) is 32.3 Å². The minimum absolute atomic E-state index is 0.0361. The maximum atomic E-state index is 11.6. The fourth-order valence-electron chi connectivity index (χ4n) is 2.20. The molecule has 5 heteroatoms. The normalized spacial score (nSPS) is 15.0. The van der Waals surface area contributed by atoms with Crippen molar-refractivity contribution in [1.29, 1.82) is 0 Å². The van der Waals surface area contributed by atoms with Gasteiger partial charge in [0, 0.05) is 36.5 Å². The third kappa shape index (κ3) is 2.20. The lowest BCUT2D eigenvalue weighted by molar-refractivity contribution is -0.384. The van der Waals surface area contributed by atoms with E-state index in [1.165, 1.54) is 25.5 Å². The summed E-state index contributed by atoms with van der Waals surface area (Å²) in [5.41, 5.74) is 1.18. The zero-order valence-electron chi connectivity index (χ0n) is 10.5. The third-order valence-electron chi connectivity index (χ3n) is 3.57. The van der Waals surface area contributed by atoms with Gasteiger partial charge in [0.15, 0.2) is 5.78 Å². The van der Waals surface area contributed by atoms with Crippen molar-refractivity contribution in [3.63, 3.8) is 0 Å². The van der Waals surface area contributed by atoms with E-state index in [0.29, 0.717) is 11.6 Å².